The van der Waals surface area contributed by atoms with Gasteiger partial charge in [0, 0.05) is 126 Å². The molecule has 0 atom stereocenters. The molecular formula is C116H70N8. The summed E-state index contributed by atoms with van der Waals surface area (Å²) in [4.78, 5) is 11.7. The van der Waals surface area contributed by atoms with Crippen LogP contribution in [0, 0.1) is 0 Å². The molecule has 0 saturated heterocycles. The van der Waals surface area contributed by atoms with Crippen LogP contribution in [0.25, 0.3) is 254 Å². The Morgan fingerprint density at radius 3 is 0.815 bits per heavy atom. The van der Waals surface area contributed by atoms with Crippen LogP contribution in [-0.4, -0.2) is 37.4 Å². The molecule has 0 aliphatic heterocycles. The van der Waals surface area contributed by atoms with Gasteiger partial charge in [0.15, 0.2) is 5.82 Å². The van der Waals surface area contributed by atoms with Crippen LogP contribution in [0.5, 0.6) is 0 Å². The van der Waals surface area contributed by atoms with Gasteiger partial charge in [-0.2, -0.15) is 0 Å². The molecule has 26 aromatic rings. The number of nitrogens with zero attached hydrogens (tertiary/aromatic N) is 8. The zero-order valence-electron chi connectivity index (χ0n) is 67.0. The van der Waals surface area contributed by atoms with Crippen molar-refractivity contribution in [3.05, 3.63) is 425 Å². The number of aromatic nitrogens is 8. The van der Waals surface area contributed by atoms with E-state index < -0.39 is 0 Å². The average molecular weight is 1580 g/mol. The van der Waals surface area contributed by atoms with Gasteiger partial charge in [0.05, 0.1) is 83.3 Å². The second-order valence-electron chi connectivity index (χ2n) is 33.1. The maximum absolute atomic E-state index is 5.89. The number of fused-ring (bicyclic) bond motifs is 21. The van der Waals surface area contributed by atoms with Gasteiger partial charge >= 0.3 is 0 Å². The van der Waals surface area contributed by atoms with E-state index in [0.717, 1.165) is 123 Å². The van der Waals surface area contributed by atoms with Gasteiger partial charge in [-0.05, 0) is 215 Å². The van der Waals surface area contributed by atoms with E-state index in [1.165, 1.54) is 126 Å². The van der Waals surface area contributed by atoms with Gasteiger partial charge in [-0.3, -0.25) is 0 Å². The number of hydrogen-bond donors (Lipinski definition) is 0. The van der Waals surface area contributed by atoms with E-state index in [2.05, 4.69) is 452 Å². The van der Waals surface area contributed by atoms with E-state index in [1.54, 1.807) is 0 Å². The monoisotopic (exact) mass is 1570 g/mol. The Labute approximate surface area is 711 Å². The van der Waals surface area contributed by atoms with Gasteiger partial charge in [0.2, 0.25) is 0 Å². The lowest BCUT2D eigenvalue weighted by Crippen LogP contribution is -2.00. The summed E-state index contributed by atoms with van der Waals surface area (Å²) >= 11 is 0. The molecule has 27 rings (SSSR count). The smallest absolute Gasteiger partial charge is 0.160 e. The van der Waals surface area contributed by atoms with E-state index in [1.807, 2.05) is 0 Å². The summed E-state index contributed by atoms with van der Waals surface area (Å²) in [5.74, 6) is 0.649. The molecule has 1 aliphatic carbocycles. The molecule has 8 heteroatoms. The molecule has 124 heavy (non-hydrogen) atoms. The third-order valence-electron chi connectivity index (χ3n) is 26.5. The molecule has 0 unspecified atom stereocenters. The van der Waals surface area contributed by atoms with Crippen molar-refractivity contribution in [3.8, 4) is 113 Å². The highest BCUT2D eigenvalue weighted by Crippen LogP contribution is 2.54. The van der Waals surface area contributed by atoms with Gasteiger partial charge in [-0.15, -0.1) is 0 Å². The van der Waals surface area contributed by atoms with Gasteiger partial charge in [-0.1, -0.05) is 249 Å². The van der Waals surface area contributed by atoms with Crippen LogP contribution >= 0.6 is 0 Å². The molecule has 7 aromatic heterocycles. The van der Waals surface area contributed by atoms with Crippen LogP contribution in [0.3, 0.4) is 0 Å². The van der Waals surface area contributed by atoms with Crippen molar-refractivity contribution < 1.29 is 0 Å². The molecule has 574 valence electrons. The summed E-state index contributed by atoms with van der Waals surface area (Å²) in [5, 5.41) is 16.8. The molecule has 0 spiro atoms. The van der Waals surface area contributed by atoms with E-state index in [0.29, 0.717) is 5.82 Å². The number of hydrogen-bond acceptors (Lipinski definition) is 2. The van der Waals surface area contributed by atoms with Crippen LogP contribution in [-0.2, 0) is 0 Å². The van der Waals surface area contributed by atoms with E-state index >= 15 is 0 Å². The zero-order chi connectivity index (χ0) is 80.9. The van der Waals surface area contributed by atoms with Gasteiger partial charge in [0.1, 0.15) is 0 Å². The standard InChI is InChI=1S/C116H70N8/c1-4-25-79(26-5-1)119-99-40-16-10-32-84(99)93-65-72(48-57-106(93)119)74-51-60-109-96(68-74)87-35-13-19-43-102(87)122(109)82-54-46-71(47-55-82)114-113-91-56-63-105(124-104-45-21-15-37-89(104)98-70-77(53-62-111(98)124)75-50-59-108-95(67-75)86-34-12-18-42-101(86)121(108)81-29-8-3-9-30-81)90-38-23-39-92(112(90)91)115(113)118-116(117-114)78-24-22-31-83(64-78)123-103-44-20-14-36-88(103)97-69-76(52-61-110(97)123)73-49-58-107-94(66-73)85-33-11-17-41-100(85)120(107)80-27-6-2-7-28-80/h1-70H. The van der Waals surface area contributed by atoms with Gasteiger partial charge in [0.25, 0.3) is 0 Å². The van der Waals surface area contributed by atoms with E-state index in [4.69, 9.17) is 9.97 Å². The third-order valence-corrected chi connectivity index (χ3v) is 26.5. The predicted octanol–water partition coefficient (Wildman–Crippen LogP) is 30.2. The van der Waals surface area contributed by atoms with Crippen LogP contribution in [0.2, 0.25) is 0 Å². The highest BCUT2D eigenvalue weighted by molar-refractivity contribution is 6.22. The minimum absolute atomic E-state index is 0.649. The molecule has 0 bridgehead atoms. The average Bonchev–Trinajstić information content (AvgIpc) is 1.54. The largest absolute Gasteiger partial charge is 0.309 e. The van der Waals surface area contributed by atoms with Crippen molar-refractivity contribution in [2.75, 3.05) is 0 Å². The first-order valence-electron chi connectivity index (χ1n) is 42.6. The molecule has 0 fully saturated rings. The molecule has 19 aromatic carbocycles. The second-order valence-corrected chi connectivity index (χ2v) is 33.1. The molecule has 8 nitrogen and oxygen atoms in total. The lowest BCUT2D eigenvalue weighted by Gasteiger charge is -2.15. The normalized spacial score (nSPS) is 12.2. The van der Waals surface area contributed by atoms with Crippen molar-refractivity contribution >= 4 is 142 Å². The number of rotatable bonds is 11. The summed E-state index contributed by atoms with van der Waals surface area (Å²) in [6.45, 7) is 0. The first-order chi connectivity index (χ1) is 61.5. The molecular weight excluding hydrogens is 1510 g/mol. The quantitative estimate of drug-likeness (QED) is 0.130. The zero-order valence-corrected chi connectivity index (χ0v) is 67.0. The predicted molar refractivity (Wildman–Crippen MR) is 517 cm³/mol. The van der Waals surface area contributed by atoms with Crippen LogP contribution in [0.4, 0.5) is 0 Å². The molecule has 0 radical (unpaired) electrons. The molecule has 7 heterocycles. The van der Waals surface area contributed by atoms with Crippen LogP contribution in [0.15, 0.2) is 425 Å². The Morgan fingerprint density at radius 1 is 0.153 bits per heavy atom. The van der Waals surface area contributed by atoms with Crippen molar-refractivity contribution in [2.45, 2.75) is 0 Å². The molecule has 1 aliphatic rings. The lowest BCUT2D eigenvalue weighted by atomic mass is 9.98. The van der Waals surface area contributed by atoms with Crippen molar-refractivity contribution in [1.82, 2.24) is 37.4 Å². The Kier molecular flexibility index (Phi) is 14.5. The summed E-state index contributed by atoms with van der Waals surface area (Å²) in [6, 6.07) is 156. The van der Waals surface area contributed by atoms with Crippen LogP contribution < -0.4 is 0 Å². The topological polar surface area (TPSA) is 55.4 Å². The highest BCUT2D eigenvalue weighted by Gasteiger charge is 2.32. The molecule has 0 amide bonds. The number of para-hydroxylation sites is 9. The number of benzene rings is 19. The fourth-order valence-electron chi connectivity index (χ4n) is 21.1. The van der Waals surface area contributed by atoms with Gasteiger partial charge in [-0.25, -0.2) is 9.97 Å². The summed E-state index contributed by atoms with van der Waals surface area (Å²) in [5.41, 5.74) is 34.5. The van der Waals surface area contributed by atoms with Crippen LogP contribution in [0.1, 0.15) is 0 Å². The van der Waals surface area contributed by atoms with E-state index in [9.17, 15) is 0 Å². The highest BCUT2D eigenvalue weighted by atomic mass is 15.0. The van der Waals surface area contributed by atoms with Crippen molar-refractivity contribution in [1.29, 1.82) is 0 Å². The first kappa shape index (κ1) is 68.3. The van der Waals surface area contributed by atoms with Crippen molar-refractivity contribution in [2.24, 2.45) is 0 Å². The maximum atomic E-state index is 5.89. The molecule has 0 saturated carbocycles. The Morgan fingerprint density at radius 2 is 0.435 bits per heavy atom. The first-order valence-corrected chi connectivity index (χ1v) is 42.6. The third kappa shape index (κ3) is 10.0. The summed E-state index contributed by atoms with van der Waals surface area (Å²) < 4.78 is 14.5. The SMILES string of the molecule is c1ccc(-n2c3ccccc3c3cc(-c4ccc5c(c4)c4ccccc4n5-c4ccc(-c5nc(-c6cccc(-n7c8ccccc8c8cc(-c9ccc%10c(c9)c9ccccc9n%10-c9ccccc9)ccc87)c6)nc6c5-c5ccc(-n7c8ccccc8c8cc(-c9ccc%10c(c9)c9ccccc9n%10-c9ccccc9)ccc87)c7cccc-6c57)cc4)ccc32)cc1. The maximum Gasteiger partial charge on any atom is 0.160 e. The Balaban J connectivity index is 0.601. The fraction of sp³-hybridized carbons (Fsp3) is 0. The summed E-state index contributed by atoms with van der Waals surface area (Å²) in [7, 11) is 0. The molecule has 0 N–H and O–H groups in total. The Hall–Kier alpha value is -16.7. The minimum Gasteiger partial charge on any atom is -0.309 e. The van der Waals surface area contributed by atoms with E-state index in [-0.39, 0.29) is 0 Å². The minimum atomic E-state index is 0.649. The Bertz CT molecular complexity index is 9040. The fourth-order valence-corrected chi connectivity index (χ4v) is 21.1. The van der Waals surface area contributed by atoms with Crippen molar-refractivity contribution in [3.63, 3.8) is 0 Å². The lowest BCUT2D eigenvalue weighted by molar-refractivity contribution is 1.16. The van der Waals surface area contributed by atoms with Gasteiger partial charge < -0.3 is 27.4 Å². The second kappa shape index (κ2) is 26.4. The summed E-state index contributed by atoms with van der Waals surface area (Å²) in [6.07, 6.45) is 0.